The van der Waals surface area contributed by atoms with Crippen LogP contribution in [0.25, 0.3) is 0 Å². The number of esters is 1. The van der Waals surface area contributed by atoms with Gasteiger partial charge in [-0.3, -0.25) is 4.79 Å². The van der Waals surface area contributed by atoms with Crippen molar-refractivity contribution in [1.82, 2.24) is 0 Å². The zero-order chi connectivity index (χ0) is 12.0. The Kier molecular flexibility index (Phi) is 4.83. The molecule has 0 aromatic heterocycles. The lowest BCUT2D eigenvalue weighted by atomic mass is 10.1. The van der Waals surface area contributed by atoms with Gasteiger partial charge in [0.1, 0.15) is 6.54 Å². The van der Waals surface area contributed by atoms with Crippen molar-refractivity contribution >= 4 is 11.7 Å². The first kappa shape index (κ1) is 12.6. The maximum atomic E-state index is 11.2. The molecule has 0 amide bonds. The van der Waals surface area contributed by atoms with Crippen LogP contribution in [0, 0.1) is 6.92 Å². The molecule has 0 unspecified atom stereocenters. The Morgan fingerprint density at radius 1 is 1.38 bits per heavy atom. The molecule has 88 valence electrons. The van der Waals surface area contributed by atoms with Crippen molar-refractivity contribution in [2.24, 2.45) is 0 Å². The molecule has 0 heterocycles. The lowest BCUT2D eigenvalue weighted by molar-refractivity contribution is -0.140. The number of hydrogen-bond acceptors (Lipinski definition) is 3. The number of anilines is 1. The second-order valence-electron chi connectivity index (χ2n) is 3.62. The molecule has 0 fully saturated rings. The molecular formula is C13H19NO2. The Morgan fingerprint density at radius 3 is 2.75 bits per heavy atom. The molecule has 0 bridgehead atoms. The quantitative estimate of drug-likeness (QED) is 0.776. The van der Waals surface area contributed by atoms with E-state index in [0.717, 1.165) is 17.7 Å². The van der Waals surface area contributed by atoms with Crippen molar-refractivity contribution in [3.05, 3.63) is 29.3 Å². The van der Waals surface area contributed by atoms with Crippen LogP contribution in [0.4, 0.5) is 5.69 Å². The molecule has 1 N–H and O–H groups in total. The number of benzene rings is 1. The van der Waals surface area contributed by atoms with Gasteiger partial charge in [0.2, 0.25) is 0 Å². The number of hydrogen-bond donors (Lipinski definition) is 1. The number of nitrogens with one attached hydrogen (secondary N) is 1. The van der Waals surface area contributed by atoms with Crippen LogP contribution >= 0.6 is 0 Å². The van der Waals surface area contributed by atoms with E-state index in [1.54, 1.807) is 0 Å². The fourth-order valence-corrected chi connectivity index (χ4v) is 1.65. The van der Waals surface area contributed by atoms with Gasteiger partial charge in [-0.15, -0.1) is 0 Å². The van der Waals surface area contributed by atoms with E-state index < -0.39 is 0 Å². The molecule has 1 aromatic carbocycles. The van der Waals surface area contributed by atoms with E-state index in [0.29, 0.717) is 6.61 Å². The van der Waals surface area contributed by atoms with Gasteiger partial charge in [0, 0.05) is 5.69 Å². The Hall–Kier alpha value is -1.51. The van der Waals surface area contributed by atoms with Crippen LogP contribution in [0.15, 0.2) is 18.2 Å². The van der Waals surface area contributed by atoms with Gasteiger partial charge >= 0.3 is 5.97 Å². The van der Waals surface area contributed by atoms with Crippen molar-refractivity contribution in [1.29, 1.82) is 0 Å². The van der Waals surface area contributed by atoms with Crippen LogP contribution in [0.3, 0.4) is 0 Å². The molecule has 0 saturated heterocycles. The summed E-state index contributed by atoms with van der Waals surface area (Å²) in [6.45, 7) is 6.60. The summed E-state index contributed by atoms with van der Waals surface area (Å²) in [5.74, 6) is -0.215. The second-order valence-corrected chi connectivity index (χ2v) is 3.62. The first-order valence-electron chi connectivity index (χ1n) is 5.67. The van der Waals surface area contributed by atoms with Gasteiger partial charge in [0.05, 0.1) is 6.61 Å². The van der Waals surface area contributed by atoms with Crippen LogP contribution < -0.4 is 5.32 Å². The highest BCUT2D eigenvalue weighted by molar-refractivity contribution is 5.76. The minimum Gasteiger partial charge on any atom is -0.465 e. The van der Waals surface area contributed by atoms with Gasteiger partial charge in [0.25, 0.3) is 0 Å². The summed E-state index contributed by atoms with van der Waals surface area (Å²) in [6, 6.07) is 6.14. The largest absolute Gasteiger partial charge is 0.465 e. The van der Waals surface area contributed by atoms with Gasteiger partial charge in [-0.25, -0.2) is 0 Å². The van der Waals surface area contributed by atoms with E-state index in [2.05, 4.69) is 18.3 Å². The monoisotopic (exact) mass is 221 g/mol. The highest BCUT2D eigenvalue weighted by Gasteiger charge is 2.06. The lowest BCUT2D eigenvalue weighted by Gasteiger charge is -2.13. The summed E-state index contributed by atoms with van der Waals surface area (Å²) in [4.78, 5) is 11.2. The maximum absolute atomic E-state index is 11.2. The average Bonchev–Trinajstić information content (AvgIpc) is 2.27. The minimum atomic E-state index is -0.215. The summed E-state index contributed by atoms with van der Waals surface area (Å²) in [7, 11) is 0. The highest BCUT2D eigenvalue weighted by atomic mass is 16.5. The molecule has 0 saturated carbocycles. The van der Waals surface area contributed by atoms with E-state index in [4.69, 9.17) is 4.74 Å². The van der Waals surface area contributed by atoms with Crippen molar-refractivity contribution < 1.29 is 9.53 Å². The molecule has 3 heteroatoms. The highest BCUT2D eigenvalue weighted by Crippen LogP contribution is 2.20. The normalized spacial score (nSPS) is 9.94. The fourth-order valence-electron chi connectivity index (χ4n) is 1.65. The number of aryl methyl sites for hydroxylation is 2. The van der Waals surface area contributed by atoms with Gasteiger partial charge in [-0.05, 0) is 31.4 Å². The van der Waals surface area contributed by atoms with Gasteiger partial charge in [0.15, 0.2) is 0 Å². The smallest absolute Gasteiger partial charge is 0.325 e. The SMILES string of the molecule is CCOC(=O)CNc1c(C)cccc1CC. The third-order valence-corrected chi connectivity index (χ3v) is 2.45. The van der Waals surface area contributed by atoms with E-state index in [1.165, 1.54) is 5.56 Å². The van der Waals surface area contributed by atoms with E-state index >= 15 is 0 Å². The number of carbonyl (C=O) groups is 1. The van der Waals surface area contributed by atoms with Crippen LogP contribution in [0.5, 0.6) is 0 Å². The van der Waals surface area contributed by atoms with Crippen molar-refractivity contribution in [2.45, 2.75) is 27.2 Å². The molecule has 0 radical (unpaired) electrons. The zero-order valence-electron chi connectivity index (χ0n) is 10.2. The maximum Gasteiger partial charge on any atom is 0.325 e. The van der Waals surface area contributed by atoms with E-state index in [-0.39, 0.29) is 12.5 Å². The third-order valence-electron chi connectivity index (χ3n) is 2.45. The van der Waals surface area contributed by atoms with E-state index in [1.807, 2.05) is 26.0 Å². The molecule has 0 aliphatic rings. The predicted molar refractivity (Wildman–Crippen MR) is 65.7 cm³/mol. The van der Waals surface area contributed by atoms with Crippen LogP contribution in [-0.2, 0) is 16.0 Å². The third kappa shape index (κ3) is 3.26. The Balaban J connectivity index is 2.69. The summed E-state index contributed by atoms with van der Waals surface area (Å²) in [6.07, 6.45) is 0.951. The molecule has 16 heavy (non-hydrogen) atoms. The molecular weight excluding hydrogens is 202 g/mol. The summed E-state index contributed by atoms with van der Waals surface area (Å²) >= 11 is 0. The number of carbonyl (C=O) groups excluding carboxylic acids is 1. The van der Waals surface area contributed by atoms with Gasteiger partial charge in [-0.2, -0.15) is 0 Å². The van der Waals surface area contributed by atoms with Crippen LogP contribution in [0.1, 0.15) is 25.0 Å². The summed E-state index contributed by atoms with van der Waals surface area (Å²) < 4.78 is 4.88. The van der Waals surface area contributed by atoms with E-state index in [9.17, 15) is 4.79 Å². The zero-order valence-corrected chi connectivity index (χ0v) is 10.2. The van der Waals surface area contributed by atoms with Crippen LogP contribution in [-0.4, -0.2) is 19.1 Å². The molecule has 0 spiro atoms. The molecule has 0 atom stereocenters. The number of ether oxygens (including phenoxy) is 1. The molecule has 0 aliphatic carbocycles. The first-order valence-corrected chi connectivity index (χ1v) is 5.67. The molecule has 1 rings (SSSR count). The minimum absolute atomic E-state index is 0.215. The van der Waals surface area contributed by atoms with Gasteiger partial charge in [-0.1, -0.05) is 25.1 Å². The fraction of sp³-hybridized carbons (Fsp3) is 0.462. The van der Waals surface area contributed by atoms with Crippen LogP contribution in [0.2, 0.25) is 0 Å². The molecule has 0 aliphatic heterocycles. The lowest BCUT2D eigenvalue weighted by Crippen LogP contribution is -2.18. The first-order chi connectivity index (χ1) is 7.69. The predicted octanol–water partition coefficient (Wildman–Crippen LogP) is 2.53. The Morgan fingerprint density at radius 2 is 2.12 bits per heavy atom. The second kappa shape index (κ2) is 6.16. The summed E-state index contributed by atoms with van der Waals surface area (Å²) in [5, 5.41) is 3.14. The van der Waals surface area contributed by atoms with Crippen molar-refractivity contribution in [3.63, 3.8) is 0 Å². The average molecular weight is 221 g/mol. The standard InChI is InChI=1S/C13H19NO2/c1-4-11-8-6-7-10(3)13(11)14-9-12(15)16-5-2/h6-8,14H,4-5,9H2,1-3H3. The molecule has 3 nitrogen and oxygen atoms in total. The van der Waals surface area contributed by atoms with Crippen molar-refractivity contribution in [3.8, 4) is 0 Å². The Labute approximate surface area is 96.8 Å². The number of rotatable bonds is 5. The van der Waals surface area contributed by atoms with Gasteiger partial charge < -0.3 is 10.1 Å². The van der Waals surface area contributed by atoms with Crippen molar-refractivity contribution in [2.75, 3.05) is 18.5 Å². The topological polar surface area (TPSA) is 38.3 Å². The Bertz CT molecular complexity index is 361. The molecule has 1 aromatic rings. The number of para-hydroxylation sites is 1. The summed E-state index contributed by atoms with van der Waals surface area (Å²) in [5.41, 5.74) is 3.44.